The summed E-state index contributed by atoms with van der Waals surface area (Å²) in [5.74, 6) is 0. The Hall–Kier alpha value is -0.110. The topological polar surface area (TPSA) is 9.23 Å². The maximum absolute atomic E-state index is 5.39. The zero-order chi connectivity index (χ0) is 12.8. The van der Waals surface area contributed by atoms with Crippen LogP contribution in [0.1, 0.15) is 84.5 Å². The summed E-state index contributed by atoms with van der Waals surface area (Å²) in [6, 6.07) is 0. The molecule has 0 radical (unpaired) electrons. The van der Waals surface area contributed by atoms with E-state index in [4.69, 9.17) is 17.0 Å². The summed E-state index contributed by atoms with van der Waals surface area (Å²) >= 11 is 5.00. The predicted molar refractivity (Wildman–Crippen MR) is 80.7 cm³/mol. The monoisotopic (exact) mass is 258 g/mol. The highest BCUT2D eigenvalue weighted by Crippen LogP contribution is 2.10. The van der Waals surface area contributed by atoms with E-state index in [0.29, 0.717) is 0 Å². The van der Waals surface area contributed by atoms with Crippen LogP contribution in [-0.4, -0.2) is 11.7 Å². The van der Waals surface area contributed by atoms with Gasteiger partial charge in [-0.3, -0.25) is 0 Å². The van der Waals surface area contributed by atoms with Crippen LogP contribution in [0.2, 0.25) is 0 Å². The van der Waals surface area contributed by atoms with Gasteiger partial charge in [0.15, 0.2) is 5.05 Å². The fourth-order valence-corrected chi connectivity index (χ4v) is 1.96. The van der Waals surface area contributed by atoms with E-state index in [2.05, 4.69) is 6.92 Å². The van der Waals surface area contributed by atoms with Gasteiger partial charge in [-0.25, -0.2) is 0 Å². The SMILES string of the molecule is CCCCCCCCCCCCOC(=S)CC. The first-order chi connectivity index (χ1) is 8.31. The second-order valence-corrected chi connectivity index (χ2v) is 5.21. The summed E-state index contributed by atoms with van der Waals surface area (Å²) in [5.41, 5.74) is 0. The summed E-state index contributed by atoms with van der Waals surface area (Å²) in [5, 5.41) is 0.765. The van der Waals surface area contributed by atoms with Gasteiger partial charge in [-0.2, -0.15) is 0 Å². The molecule has 102 valence electrons. The molecule has 0 aromatic heterocycles. The lowest BCUT2D eigenvalue weighted by molar-refractivity contribution is 0.293. The van der Waals surface area contributed by atoms with Crippen LogP contribution < -0.4 is 0 Å². The zero-order valence-electron chi connectivity index (χ0n) is 11.8. The largest absolute Gasteiger partial charge is 0.487 e. The van der Waals surface area contributed by atoms with E-state index in [-0.39, 0.29) is 0 Å². The van der Waals surface area contributed by atoms with Gasteiger partial charge in [0.05, 0.1) is 6.61 Å². The lowest BCUT2D eigenvalue weighted by Gasteiger charge is -2.05. The zero-order valence-corrected chi connectivity index (χ0v) is 12.6. The predicted octanol–water partition coefficient (Wildman–Crippen LogP) is 5.66. The molecule has 0 amide bonds. The van der Waals surface area contributed by atoms with Gasteiger partial charge in [-0.05, 0) is 18.6 Å². The Labute approximate surface area is 113 Å². The third kappa shape index (κ3) is 13.8. The Morgan fingerprint density at radius 3 is 1.71 bits per heavy atom. The Morgan fingerprint density at radius 1 is 0.765 bits per heavy atom. The Morgan fingerprint density at radius 2 is 1.24 bits per heavy atom. The normalized spacial score (nSPS) is 10.5. The molecule has 0 aliphatic heterocycles. The molecule has 0 bridgehead atoms. The van der Waals surface area contributed by atoms with Crippen LogP contribution in [0, 0.1) is 0 Å². The molecular weight excluding hydrogens is 228 g/mol. The molecule has 2 heteroatoms. The summed E-state index contributed by atoms with van der Waals surface area (Å²) in [6.45, 7) is 5.14. The molecule has 0 spiro atoms. The van der Waals surface area contributed by atoms with Crippen molar-refractivity contribution in [1.29, 1.82) is 0 Å². The summed E-state index contributed by atoms with van der Waals surface area (Å²) < 4.78 is 5.39. The molecule has 0 saturated carbocycles. The minimum atomic E-state index is 0.765. The van der Waals surface area contributed by atoms with Crippen molar-refractivity contribution in [2.24, 2.45) is 0 Å². The van der Waals surface area contributed by atoms with E-state index < -0.39 is 0 Å². The van der Waals surface area contributed by atoms with Crippen molar-refractivity contribution < 1.29 is 4.74 Å². The maximum Gasteiger partial charge on any atom is 0.159 e. The van der Waals surface area contributed by atoms with Crippen molar-refractivity contribution in [2.75, 3.05) is 6.61 Å². The molecule has 0 aliphatic carbocycles. The highest BCUT2D eigenvalue weighted by Gasteiger charge is 1.94. The smallest absolute Gasteiger partial charge is 0.159 e. The Bertz CT molecular complexity index is 168. The van der Waals surface area contributed by atoms with Gasteiger partial charge in [0, 0.05) is 6.42 Å². The van der Waals surface area contributed by atoms with E-state index in [0.717, 1.165) is 24.5 Å². The molecule has 0 aromatic carbocycles. The minimum Gasteiger partial charge on any atom is -0.487 e. The van der Waals surface area contributed by atoms with Crippen molar-refractivity contribution >= 4 is 17.3 Å². The van der Waals surface area contributed by atoms with Crippen LogP contribution in [0.15, 0.2) is 0 Å². The molecule has 0 fully saturated rings. The molecule has 0 aromatic rings. The average Bonchev–Trinajstić information content (AvgIpc) is 2.35. The third-order valence-electron chi connectivity index (χ3n) is 3.05. The molecule has 0 N–H and O–H groups in total. The van der Waals surface area contributed by atoms with Crippen LogP contribution in [0.4, 0.5) is 0 Å². The molecule has 0 unspecified atom stereocenters. The molecular formula is C15H30OS. The number of ether oxygens (including phenoxy) is 1. The number of thiocarbonyl (C=S) groups is 1. The van der Waals surface area contributed by atoms with Crippen molar-refractivity contribution in [3.05, 3.63) is 0 Å². The second kappa shape index (κ2) is 14.0. The summed E-state index contributed by atoms with van der Waals surface area (Å²) in [6.07, 6.45) is 14.5. The number of rotatable bonds is 12. The van der Waals surface area contributed by atoms with Gasteiger partial charge in [0.25, 0.3) is 0 Å². The Kier molecular flexibility index (Phi) is 13.9. The number of hydrogen-bond donors (Lipinski definition) is 0. The molecule has 0 atom stereocenters. The summed E-state index contributed by atoms with van der Waals surface area (Å²) in [4.78, 5) is 0. The van der Waals surface area contributed by atoms with Crippen molar-refractivity contribution in [3.8, 4) is 0 Å². The second-order valence-electron chi connectivity index (χ2n) is 4.76. The standard InChI is InChI=1S/C15H30OS/c1-3-5-6-7-8-9-10-11-12-13-14-16-15(17)4-2/h3-14H2,1-2H3. The molecule has 1 nitrogen and oxygen atoms in total. The first-order valence-electron chi connectivity index (χ1n) is 7.46. The minimum absolute atomic E-state index is 0.765. The van der Waals surface area contributed by atoms with Crippen LogP contribution in [-0.2, 0) is 4.74 Å². The van der Waals surface area contributed by atoms with Gasteiger partial charge < -0.3 is 4.74 Å². The van der Waals surface area contributed by atoms with Crippen molar-refractivity contribution in [3.63, 3.8) is 0 Å². The van der Waals surface area contributed by atoms with Crippen molar-refractivity contribution in [1.82, 2.24) is 0 Å². The highest BCUT2D eigenvalue weighted by atomic mass is 32.1. The Balaban J connectivity index is 2.96. The number of unbranched alkanes of at least 4 members (excludes halogenated alkanes) is 9. The number of hydrogen-bond acceptors (Lipinski definition) is 2. The van der Waals surface area contributed by atoms with E-state index in [1.165, 1.54) is 57.8 Å². The van der Waals surface area contributed by atoms with Crippen LogP contribution in [0.25, 0.3) is 0 Å². The van der Waals surface area contributed by atoms with Gasteiger partial charge in [0.1, 0.15) is 0 Å². The van der Waals surface area contributed by atoms with E-state index in [1.807, 2.05) is 6.92 Å². The van der Waals surface area contributed by atoms with Crippen LogP contribution in [0.3, 0.4) is 0 Å². The molecule has 0 heterocycles. The quantitative estimate of drug-likeness (QED) is 0.330. The van der Waals surface area contributed by atoms with E-state index in [1.54, 1.807) is 0 Å². The molecule has 0 saturated heterocycles. The lowest BCUT2D eigenvalue weighted by Crippen LogP contribution is -2.01. The third-order valence-corrected chi connectivity index (χ3v) is 3.46. The average molecular weight is 258 g/mol. The lowest BCUT2D eigenvalue weighted by atomic mass is 10.1. The fourth-order valence-electron chi connectivity index (χ4n) is 1.88. The molecule has 0 rings (SSSR count). The molecule has 0 aliphatic rings. The van der Waals surface area contributed by atoms with Crippen molar-refractivity contribution in [2.45, 2.75) is 84.5 Å². The molecule has 17 heavy (non-hydrogen) atoms. The first-order valence-corrected chi connectivity index (χ1v) is 7.87. The van der Waals surface area contributed by atoms with Gasteiger partial charge >= 0.3 is 0 Å². The van der Waals surface area contributed by atoms with Gasteiger partial charge in [0.2, 0.25) is 0 Å². The van der Waals surface area contributed by atoms with E-state index >= 15 is 0 Å². The fraction of sp³-hybridized carbons (Fsp3) is 0.933. The van der Waals surface area contributed by atoms with Crippen LogP contribution in [0.5, 0.6) is 0 Å². The van der Waals surface area contributed by atoms with Gasteiger partial charge in [-0.15, -0.1) is 0 Å². The summed E-state index contributed by atoms with van der Waals surface area (Å²) in [7, 11) is 0. The van der Waals surface area contributed by atoms with Gasteiger partial charge in [-0.1, -0.05) is 71.6 Å². The first kappa shape index (κ1) is 16.9. The maximum atomic E-state index is 5.39. The highest BCUT2D eigenvalue weighted by molar-refractivity contribution is 7.80. The van der Waals surface area contributed by atoms with E-state index in [9.17, 15) is 0 Å². The van der Waals surface area contributed by atoms with Crippen LogP contribution >= 0.6 is 12.2 Å².